The molecule has 16 heavy (non-hydrogen) atoms. The Morgan fingerprint density at radius 2 is 1.69 bits per heavy atom. The van der Waals surface area contributed by atoms with Crippen molar-refractivity contribution >= 4 is 34.4 Å². The van der Waals surface area contributed by atoms with E-state index >= 15 is 0 Å². The summed E-state index contributed by atoms with van der Waals surface area (Å²) in [7, 11) is 2.77. The third-order valence-corrected chi connectivity index (χ3v) is 3.28. The first-order valence-corrected chi connectivity index (χ1v) is 5.94. The van der Waals surface area contributed by atoms with Gasteiger partial charge in [-0.2, -0.15) is 13.2 Å². The summed E-state index contributed by atoms with van der Waals surface area (Å²) in [6, 6.07) is 2.83. The Morgan fingerprint density at radius 3 is 2.12 bits per heavy atom. The lowest BCUT2D eigenvalue weighted by Gasteiger charge is -2.12. The van der Waals surface area contributed by atoms with Gasteiger partial charge in [-0.05, 0) is 40.4 Å². The second-order valence-corrected chi connectivity index (χ2v) is 4.95. The van der Waals surface area contributed by atoms with Crippen LogP contribution in [0.1, 0.15) is 0 Å². The van der Waals surface area contributed by atoms with Gasteiger partial charge in [0.1, 0.15) is 11.5 Å². The molecular formula is C9H8F3IO2S. The van der Waals surface area contributed by atoms with Crippen LogP contribution >= 0.6 is 34.4 Å². The summed E-state index contributed by atoms with van der Waals surface area (Å²) in [5, 5.41) is 0. The van der Waals surface area contributed by atoms with Crippen molar-refractivity contribution in [1.29, 1.82) is 0 Å². The van der Waals surface area contributed by atoms with E-state index in [1.807, 2.05) is 22.6 Å². The molecule has 0 spiro atoms. The average Bonchev–Trinajstić information content (AvgIpc) is 2.16. The number of halogens is 4. The Bertz CT molecular complexity index is 382. The van der Waals surface area contributed by atoms with E-state index in [0.717, 1.165) is 0 Å². The van der Waals surface area contributed by atoms with Gasteiger partial charge in [0.2, 0.25) is 0 Å². The zero-order valence-electron chi connectivity index (χ0n) is 8.39. The molecule has 0 radical (unpaired) electrons. The summed E-state index contributed by atoms with van der Waals surface area (Å²) in [6.07, 6.45) is 0. The van der Waals surface area contributed by atoms with E-state index in [1.54, 1.807) is 0 Å². The second-order valence-electron chi connectivity index (χ2n) is 2.69. The first kappa shape index (κ1) is 13.8. The zero-order valence-corrected chi connectivity index (χ0v) is 11.4. The third-order valence-electron chi connectivity index (χ3n) is 1.66. The smallest absolute Gasteiger partial charge is 0.446 e. The van der Waals surface area contributed by atoms with Crippen LogP contribution < -0.4 is 9.47 Å². The van der Waals surface area contributed by atoms with Gasteiger partial charge in [0.25, 0.3) is 0 Å². The molecule has 0 fully saturated rings. The molecule has 1 aromatic carbocycles. The highest BCUT2D eigenvalue weighted by molar-refractivity contribution is 14.1. The topological polar surface area (TPSA) is 18.5 Å². The van der Waals surface area contributed by atoms with Crippen molar-refractivity contribution in [2.75, 3.05) is 14.2 Å². The standard InChI is InChI=1S/C9H8F3IO2S/c1-14-6-4-7(15-2)8(3-5(6)13)16-9(10,11)12/h3-4H,1-2H3. The molecule has 1 rings (SSSR count). The summed E-state index contributed by atoms with van der Waals surface area (Å²) in [5.74, 6) is 0.642. The summed E-state index contributed by atoms with van der Waals surface area (Å²) in [6.45, 7) is 0. The van der Waals surface area contributed by atoms with Gasteiger partial charge in [-0.15, -0.1) is 0 Å². The molecule has 0 N–H and O–H groups in total. The van der Waals surface area contributed by atoms with E-state index in [2.05, 4.69) is 0 Å². The molecule has 0 aliphatic rings. The molecule has 7 heteroatoms. The van der Waals surface area contributed by atoms with Gasteiger partial charge in [-0.3, -0.25) is 0 Å². The van der Waals surface area contributed by atoms with Gasteiger partial charge < -0.3 is 9.47 Å². The molecule has 90 valence electrons. The number of benzene rings is 1. The van der Waals surface area contributed by atoms with Crippen molar-refractivity contribution < 1.29 is 22.6 Å². The largest absolute Gasteiger partial charge is 0.496 e. The molecule has 0 bridgehead atoms. The number of ether oxygens (including phenoxy) is 2. The number of thioether (sulfide) groups is 1. The maximum atomic E-state index is 12.2. The fourth-order valence-corrected chi connectivity index (χ4v) is 2.60. The average molecular weight is 364 g/mol. The number of hydrogen-bond acceptors (Lipinski definition) is 3. The molecule has 0 unspecified atom stereocenters. The number of rotatable bonds is 3. The Morgan fingerprint density at radius 1 is 1.12 bits per heavy atom. The number of alkyl halides is 3. The van der Waals surface area contributed by atoms with Crippen molar-refractivity contribution in [3.63, 3.8) is 0 Å². The zero-order chi connectivity index (χ0) is 12.3. The predicted octanol–water partition coefficient (Wildman–Crippen LogP) is 3.92. The van der Waals surface area contributed by atoms with Crippen LogP contribution in [0.4, 0.5) is 13.2 Å². The van der Waals surface area contributed by atoms with Crippen LogP contribution in [0, 0.1) is 3.57 Å². The van der Waals surface area contributed by atoms with Crippen molar-refractivity contribution in [1.82, 2.24) is 0 Å². The summed E-state index contributed by atoms with van der Waals surface area (Å²) < 4.78 is 47.2. The van der Waals surface area contributed by atoms with E-state index in [9.17, 15) is 13.2 Å². The van der Waals surface area contributed by atoms with E-state index in [4.69, 9.17) is 9.47 Å². The molecule has 0 aliphatic carbocycles. The van der Waals surface area contributed by atoms with E-state index in [-0.39, 0.29) is 22.4 Å². The second kappa shape index (κ2) is 5.35. The Hall–Kier alpha value is -0.310. The quantitative estimate of drug-likeness (QED) is 0.599. The minimum absolute atomic E-state index is 0.0280. The van der Waals surface area contributed by atoms with Crippen LogP contribution in [0.3, 0.4) is 0 Å². The molecule has 0 amide bonds. The highest BCUT2D eigenvalue weighted by Gasteiger charge is 2.31. The fraction of sp³-hybridized carbons (Fsp3) is 0.333. The summed E-state index contributed by atoms with van der Waals surface area (Å²) in [5.41, 5.74) is -4.33. The third kappa shape index (κ3) is 3.62. The molecule has 0 saturated carbocycles. The highest BCUT2D eigenvalue weighted by atomic mass is 127. The normalized spacial score (nSPS) is 11.4. The van der Waals surface area contributed by atoms with Crippen molar-refractivity contribution in [3.8, 4) is 11.5 Å². The minimum Gasteiger partial charge on any atom is -0.496 e. The van der Waals surface area contributed by atoms with Crippen LogP contribution in [-0.2, 0) is 0 Å². The van der Waals surface area contributed by atoms with Gasteiger partial charge in [-0.1, -0.05) is 0 Å². The van der Waals surface area contributed by atoms with Crippen LogP contribution in [0.2, 0.25) is 0 Å². The molecule has 0 heterocycles. The lowest BCUT2D eigenvalue weighted by molar-refractivity contribution is -0.0328. The van der Waals surface area contributed by atoms with Crippen LogP contribution in [0.5, 0.6) is 11.5 Å². The van der Waals surface area contributed by atoms with Crippen LogP contribution in [0.25, 0.3) is 0 Å². The van der Waals surface area contributed by atoms with Crippen molar-refractivity contribution in [3.05, 3.63) is 15.7 Å². The maximum Gasteiger partial charge on any atom is 0.446 e. The van der Waals surface area contributed by atoms with Gasteiger partial charge in [0, 0.05) is 6.07 Å². The lowest BCUT2D eigenvalue weighted by atomic mass is 10.3. The van der Waals surface area contributed by atoms with Gasteiger partial charge >= 0.3 is 5.51 Å². The molecule has 0 aromatic heterocycles. The van der Waals surface area contributed by atoms with Gasteiger partial charge in [0.05, 0.1) is 22.7 Å². The van der Waals surface area contributed by atoms with Gasteiger partial charge in [0.15, 0.2) is 0 Å². The summed E-state index contributed by atoms with van der Waals surface area (Å²) >= 11 is 1.71. The Labute approximate surface area is 109 Å². The van der Waals surface area contributed by atoms with E-state index < -0.39 is 5.51 Å². The molecule has 0 saturated heterocycles. The molecular weight excluding hydrogens is 356 g/mol. The molecule has 1 aromatic rings. The van der Waals surface area contributed by atoms with Crippen LogP contribution in [-0.4, -0.2) is 19.7 Å². The monoisotopic (exact) mass is 364 g/mol. The van der Waals surface area contributed by atoms with E-state index in [0.29, 0.717) is 9.32 Å². The lowest BCUT2D eigenvalue weighted by Crippen LogP contribution is -2.01. The fourth-order valence-electron chi connectivity index (χ4n) is 1.04. The summed E-state index contributed by atoms with van der Waals surface area (Å²) in [4.78, 5) is 0.0280. The number of hydrogen-bond donors (Lipinski definition) is 0. The maximum absolute atomic E-state index is 12.2. The van der Waals surface area contributed by atoms with Crippen LogP contribution in [0.15, 0.2) is 17.0 Å². The molecule has 0 aliphatic heterocycles. The minimum atomic E-state index is -4.33. The first-order valence-electron chi connectivity index (χ1n) is 4.04. The Balaban J connectivity index is 3.13. The Kier molecular flexibility index (Phi) is 4.60. The van der Waals surface area contributed by atoms with Crippen molar-refractivity contribution in [2.24, 2.45) is 0 Å². The number of methoxy groups -OCH3 is 2. The first-order chi connectivity index (χ1) is 7.37. The molecule has 2 nitrogen and oxygen atoms in total. The SMILES string of the molecule is COc1cc(OC)c(SC(F)(F)F)cc1I. The van der Waals surface area contributed by atoms with E-state index in [1.165, 1.54) is 26.4 Å². The van der Waals surface area contributed by atoms with Crippen molar-refractivity contribution in [2.45, 2.75) is 10.4 Å². The predicted molar refractivity (Wildman–Crippen MR) is 64.2 cm³/mol. The molecule has 0 atom stereocenters. The highest BCUT2D eigenvalue weighted by Crippen LogP contribution is 2.43. The van der Waals surface area contributed by atoms with Gasteiger partial charge in [-0.25, -0.2) is 0 Å².